The Morgan fingerprint density at radius 3 is 2.74 bits per heavy atom. The first-order chi connectivity index (χ1) is 8.91. The van der Waals surface area contributed by atoms with Crippen LogP contribution >= 0.6 is 0 Å². The molecule has 0 radical (unpaired) electrons. The van der Waals surface area contributed by atoms with Crippen molar-refractivity contribution in [1.82, 2.24) is 9.97 Å². The molecule has 0 N–H and O–H groups in total. The largest absolute Gasteiger partial charge is 0.377 e. The first-order valence-electron chi connectivity index (χ1n) is 7.08. The van der Waals surface area contributed by atoms with E-state index in [1.165, 1.54) is 6.42 Å². The maximum absolute atomic E-state index is 5.87. The zero-order chi connectivity index (χ0) is 13.8. The summed E-state index contributed by atoms with van der Waals surface area (Å²) in [6, 6.07) is 2.58. The molecule has 1 aromatic rings. The third-order valence-electron chi connectivity index (χ3n) is 4.77. The Morgan fingerprint density at radius 2 is 2.05 bits per heavy atom. The second-order valence-corrected chi connectivity index (χ2v) is 6.54. The van der Waals surface area contributed by atoms with Crippen LogP contribution in [0.1, 0.15) is 31.8 Å². The van der Waals surface area contributed by atoms with Crippen molar-refractivity contribution in [3.8, 4) is 0 Å². The second kappa shape index (κ2) is 4.17. The molecule has 2 aliphatic rings. The molecule has 1 aliphatic carbocycles. The maximum Gasteiger partial charge on any atom is 0.132 e. The van der Waals surface area contributed by atoms with E-state index in [4.69, 9.17) is 4.74 Å². The van der Waals surface area contributed by atoms with Gasteiger partial charge in [-0.25, -0.2) is 9.97 Å². The predicted octanol–water partition coefficient (Wildman–Crippen LogP) is 2.34. The molecule has 0 amide bonds. The molecule has 4 heteroatoms. The van der Waals surface area contributed by atoms with Crippen LogP contribution < -0.4 is 4.90 Å². The molecule has 1 saturated carbocycles. The van der Waals surface area contributed by atoms with Gasteiger partial charge in [-0.15, -0.1) is 0 Å². The van der Waals surface area contributed by atoms with Crippen molar-refractivity contribution in [2.24, 2.45) is 11.3 Å². The number of ether oxygens (including phenoxy) is 1. The normalized spacial score (nSPS) is 31.7. The summed E-state index contributed by atoms with van der Waals surface area (Å²) in [6.07, 6.45) is 1.59. The maximum atomic E-state index is 5.87. The Labute approximate surface area is 115 Å². The molecule has 0 spiro atoms. The molecular formula is C15H23N3O. The molecule has 1 aliphatic heterocycles. The van der Waals surface area contributed by atoms with Gasteiger partial charge in [0, 0.05) is 42.8 Å². The van der Waals surface area contributed by atoms with Gasteiger partial charge in [0.25, 0.3) is 0 Å². The van der Waals surface area contributed by atoms with Crippen molar-refractivity contribution in [1.29, 1.82) is 0 Å². The number of aryl methyl sites for hydroxylation is 2. The molecule has 1 saturated heterocycles. The summed E-state index contributed by atoms with van der Waals surface area (Å²) in [5, 5.41) is 0. The molecule has 2 fully saturated rings. The van der Waals surface area contributed by atoms with Crippen molar-refractivity contribution in [2.75, 3.05) is 18.6 Å². The van der Waals surface area contributed by atoms with E-state index in [-0.39, 0.29) is 5.41 Å². The smallest absolute Gasteiger partial charge is 0.132 e. The lowest BCUT2D eigenvalue weighted by Crippen LogP contribution is -2.66. The molecule has 104 valence electrons. The van der Waals surface area contributed by atoms with Crippen LogP contribution in [0.25, 0.3) is 0 Å². The van der Waals surface area contributed by atoms with Crippen molar-refractivity contribution in [3.05, 3.63) is 17.6 Å². The first-order valence-corrected chi connectivity index (χ1v) is 7.08. The fraction of sp³-hybridized carbons (Fsp3) is 0.733. The van der Waals surface area contributed by atoms with Gasteiger partial charge in [-0.05, 0) is 20.3 Å². The van der Waals surface area contributed by atoms with Crippen LogP contribution in [-0.4, -0.2) is 35.8 Å². The van der Waals surface area contributed by atoms with Crippen molar-refractivity contribution < 1.29 is 4.74 Å². The Hall–Kier alpha value is -1.16. The number of hydrogen-bond acceptors (Lipinski definition) is 4. The summed E-state index contributed by atoms with van der Waals surface area (Å²) < 4.78 is 5.87. The number of hydrogen-bond donors (Lipinski definition) is 0. The van der Waals surface area contributed by atoms with Crippen molar-refractivity contribution in [3.63, 3.8) is 0 Å². The second-order valence-electron chi connectivity index (χ2n) is 6.54. The lowest BCUT2D eigenvalue weighted by atomic mass is 9.57. The highest BCUT2D eigenvalue weighted by atomic mass is 16.5. The third-order valence-corrected chi connectivity index (χ3v) is 4.77. The molecule has 2 heterocycles. The molecule has 3 atom stereocenters. The van der Waals surface area contributed by atoms with E-state index in [1.807, 2.05) is 13.8 Å². The SMILES string of the molecule is Cc1cc(N(C)[C@@H]2[C@@H]3CCO[C@@H]3C2(C)C)nc(C)n1. The quantitative estimate of drug-likeness (QED) is 0.819. The zero-order valence-electron chi connectivity index (χ0n) is 12.5. The van der Waals surface area contributed by atoms with E-state index in [0.29, 0.717) is 18.1 Å². The van der Waals surface area contributed by atoms with Crippen LogP contribution in [-0.2, 0) is 4.74 Å². The van der Waals surface area contributed by atoms with E-state index in [1.54, 1.807) is 0 Å². The van der Waals surface area contributed by atoms with Crippen LogP contribution in [0.3, 0.4) is 0 Å². The highest BCUT2D eigenvalue weighted by Crippen LogP contribution is 2.54. The average molecular weight is 261 g/mol. The summed E-state index contributed by atoms with van der Waals surface area (Å²) in [4.78, 5) is 11.3. The topological polar surface area (TPSA) is 38.2 Å². The van der Waals surface area contributed by atoms with Gasteiger partial charge in [0.1, 0.15) is 11.6 Å². The molecular weight excluding hydrogens is 238 g/mol. The fourth-order valence-electron chi connectivity index (χ4n) is 4.10. The van der Waals surface area contributed by atoms with Gasteiger partial charge in [-0.3, -0.25) is 0 Å². The van der Waals surface area contributed by atoms with Crippen LogP contribution in [0.2, 0.25) is 0 Å². The van der Waals surface area contributed by atoms with Gasteiger partial charge in [0.15, 0.2) is 0 Å². The van der Waals surface area contributed by atoms with Crippen LogP contribution in [0.4, 0.5) is 5.82 Å². The van der Waals surface area contributed by atoms with E-state index < -0.39 is 0 Å². The monoisotopic (exact) mass is 261 g/mol. The van der Waals surface area contributed by atoms with Gasteiger partial charge in [-0.2, -0.15) is 0 Å². The molecule has 0 aromatic carbocycles. The van der Waals surface area contributed by atoms with Crippen molar-refractivity contribution in [2.45, 2.75) is 46.3 Å². The number of anilines is 1. The van der Waals surface area contributed by atoms with E-state index in [9.17, 15) is 0 Å². The zero-order valence-corrected chi connectivity index (χ0v) is 12.5. The summed E-state index contributed by atoms with van der Waals surface area (Å²) in [7, 11) is 2.15. The van der Waals surface area contributed by atoms with E-state index in [2.05, 4.69) is 41.8 Å². The Kier molecular flexibility index (Phi) is 2.82. The Bertz CT molecular complexity index is 480. The van der Waals surface area contributed by atoms with Crippen LogP contribution in [0.15, 0.2) is 6.07 Å². The molecule has 4 nitrogen and oxygen atoms in total. The summed E-state index contributed by atoms with van der Waals surface area (Å²) >= 11 is 0. The van der Waals surface area contributed by atoms with Gasteiger partial charge < -0.3 is 9.64 Å². The fourth-order valence-corrected chi connectivity index (χ4v) is 4.10. The third kappa shape index (κ3) is 1.84. The standard InChI is InChI=1S/C15H23N3O/c1-9-8-12(17-10(2)16-9)18(5)13-11-6-7-19-14(11)15(13,3)4/h8,11,13-14H,6-7H2,1-5H3/t11-,13+,14-/m0/s1. The summed E-state index contributed by atoms with van der Waals surface area (Å²) in [5.41, 5.74) is 1.23. The van der Waals surface area contributed by atoms with Gasteiger partial charge >= 0.3 is 0 Å². The van der Waals surface area contributed by atoms with Crippen molar-refractivity contribution >= 4 is 5.82 Å². The highest BCUT2D eigenvalue weighted by molar-refractivity contribution is 5.43. The molecule has 0 unspecified atom stereocenters. The lowest BCUT2D eigenvalue weighted by Gasteiger charge is -2.58. The summed E-state index contributed by atoms with van der Waals surface area (Å²) in [6.45, 7) is 9.51. The van der Waals surface area contributed by atoms with Crippen LogP contribution in [0.5, 0.6) is 0 Å². The average Bonchev–Trinajstić information content (AvgIpc) is 2.73. The molecule has 0 bridgehead atoms. The minimum Gasteiger partial charge on any atom is -0.377 e. The minimum absolute atomic E-state index is 0.197. The molecule has 3 rings (SSSR count). The predicted molar refractivity (Wildman–Crippen MR) is 75.3 cm³/mol. The number of aromatic nitrogens is 2. The number of fused-ring (bicyclic) bond motifs is 1. The molecule has 19 heavy (non-hydrogen) atoms. The Balaban J connectivity index is 1.89. The van der Waals surface area contributed by atoms with E-state index >= 15 is 0 Å². The summed E-state index contributed by atoms with van der Waals surface area (Å²) in [5.74, 6) is 2.53. The van der Waals surface area contributed by atoms with Gasteiger partial charge in [0.2, 0.25) is 0 Å². The highest BCUT2D eigenvalue weighted by Gasteiger charge is 2.61. The van der Waals surface area contributed by atoms with Crippen LogP contribution in [0, 0.1) is 25.2 Å². The minimum atomic E-state index is 0.197. The molecule has 1 aromatic heterocycles. The number of rotatable bonds is 2. The number of nitrogens with zero attached hydrogens (tertiary/aromatic N) is 3. The first kappa shape index (κ1) is 12.9. The van der Waals surface area contributed by atoms with Gasteiger partial charge in [-0.1, -0.05) is 13.8 Å². The van der Waals surface area contributed by atoms with E-state index in [0.717, 1.165) is 23.9 Å². The Morgan fingerprint density at radius 1 is 1.32 bits per heavy atom. The van der Waals surface area contributed by atoms with Gasteiger partial charge in [0.05, 0.1) is 6.10 Å². The lowest BCUT2D eigenvalue weighted by molar-refractivity contribution is -0.101.